The summed E-state index contributed by atoms with van der Waals surface area (Å²) in [7, 11) is 2.03. The van der Waals surface area contributed by atoms with E-state index in [0.717, 1.165) is 44.3 Å². The molecule has 0 saturated carbocycles. The molecule has 0 bridgehead atoms. The topological polar surface area (TPSA) is 59.6 Å². The van der Waals surface area contributed by atoms with Crippen LogP contribution in [0.3, 0.4) is 0 Å². The lowest BCUT2D eigenvalue weighted by atomic mass is 10.0. The summed E-state index contributed by atoms with van der Waals surface area (Å²) < 4.78 is 7.20. The van der Waals surface area contributed by atoms with Crippen molar-refractivity contribution in [2.24, 2.45) is 7.05 Å². The summed E-state index contributed by atoms with van der Waals surface area (Å²) in [6, 6.07) is 16.4. The Morgan fingerprint density at radius 2 is 1.58 bits per heavy atom. The number of nitrogens with zero attached hydrogens (tertiary/aromatic N) is 3. The Balaban J connectivity index is 1.79. The fraction of sp³-hybridized carbons (Fsp3) is 0.0526. The van der Waals surface area contributed by atoms with Crippen LogP contribution in [-0.4, -0.2) is 19.9 Å². The van der Waals surface area contributed by atoms with Gasteiger partial charge in [-0.3, -0.25) is 0 Å². The van der Waals surface area contributed by atoms with Gasteiger partial charge < -0.3 is 9.55 Å². The van der Waals surface area contributed by atoms with Crippen molar-refractivity contribution in [2.45, 2.75) is 0 Å². The lowest BCUT2D eigenvalue weighted by molar-refractivity contribution is 0.310. The van der Waals surface area contributed by atoms with E-state index in [-0.39, 0.29) is 0 Å². The van der Waals surface area contributed by atoms with Gasteiger partial charge in [0.05, 0.1) is 0 Å². The smallest absolute Gasteiger partial charge is 0.145 e. The van der Waals surface area contributed by atoms with E-state index < -0.39 is 0 Å². The summed E-state index contributed by atoms with van der Waals surface area (Å²) in [6.45, 7) is 0. The molecule has 5 aromatic rings. The molecule has 0 saturated heterocycles. The van der Waals surface area contributed by atoms with Crippen LogP contribution in [0.5, 0.6) is 0 Å². The van der Waals surface area contributed by atoms with Crippen molar-refractivity contribution in [3.05, 3.63) is 60.9 Å². The molecule has 2 aromatic carbocycles. The molecule has 0 unspecified atom stereocenters. The molecule has 0 atom stereocenters. The minimum atomic E-state index is 0.754. The molecule has 3 heterocycles. The van der Waals surface area contributed by atoms with E-state index in [2.05, 4.69) is 44.3 Å². The van der Waals surface area contributed by atoms with Gasteiger partial charge in [-0.05, 0) is 22.4 Å². The van der Waals surface area contributed by atoms with Crippen LogP contribution in [0.4, 0.5) is 0 Å². The molecular formula is C19H14N4O. The molecule has 0 aliphatic carbocycles. The highest BCUT2D eigenvalue weighted by atomic mass is 16.6. The van der Waals surface area contributed by atoms with Gasteiger partial charge in [0.15, 0.2) is 0 Å². The molecule has 0 spiro atoms. The van der Waals surface area contributed by atoms with Crippen LogP contribution in [0.2, 0.25) is 0 Å². The molecule has 5 heteroatoms. The number of aryl methyl sites for hydroxylation is 1. The molecule has 5 nitrogen and oxygen atoms in total. The zero-order chi connectivity index (χ0) is 16.1. The van der Waals surface area contributed by atoms with Crippen molar-refractivity contribution >= 4 is 21.8 Å². The first-order valence-electron chi connectivity index (χ1n) is 7.76. The Morgan fingerprint density at radius 3 is 2.46 bits per heavy atom. The van der Waals surface area contributed by atoms with Crippen molar-refractivity contribution in [3.63, 3.8) is 0 Å². The third kappa shape index (κ3) is 1.75. The monoisotopic (exact) mass is 314 g/mol. The predicted octanol–water partition coefficient (Wildman–Crippen LogP) is 4.38. The van der Waals surface area contributed by atoms with Gasteiger partial charge in [0, 0.05) is 52.4 Å². The number of hydrogen-bond donors (Lipinski definition) is 1. The van der Waals surface area contributed by atoms with Crippen LogP contribution < -0.4 is 0 Å². The number of H-pyrrole nitrogens is 1. The maximum atomic E-state index is 5.11. The molecule has 0 amide bonds. The van der Waals surface area contributed by atoms with E-state index in [0.29, 0.717) is 0 Å². The second kappa shape index (κ2) is 4.83. The van der Waals surface area contributed by atoms with E-state index in [9.17, 15) is 0 Å². The highest BCUT2D eigenvalue weighted by Crippen LogP contribution is 2.37. The summed E-state index contributed by atoms with van der Waals surface area (Å²) in [5.41, 5.74) is 5.75. The molecule has 116 valence electrons. The van der Waals surface area contributed by atoms with E-state index in [1.165, 1.54) is 0 Å². The number of nitrogens with one attached hydrogen (secondary N) is 1. The van der Waals surface area contributed by atoms with Crippen LogP contribution >= 0.6 is 0 Å². The summed E-state index contributed by atoms with van der Waals surface area (Å²) in [5.74, 6) is 0. The van der Waals surface area contributed by atoms with Crippen molar-refractivity contribution < 1.29 is 4.63 Å². The zero-order valence-corrected chi connectivity index (χ0v) is 13.0. The summed E-state index contributed by atoms with van der Waals surface area (Å²) in [5, 5.41) is 10.6. The van der Waals surface area contributed by atoms with Gasteiger partial charge in [-0.2, -0.15) is 0 Å². The summed E-state index contributed by atoms with van der Waals surface area (Å²) >= 11 is 0. The van der Waals surface area contributed by atoms with Gasteiger partial charge in [0.2, 0.25) is 0 Å². The molecule has 0 aliphatic heterocycles. The number of hydrogen-bond acceptors (Lipinski definition) is 3. The molecule has 3 aromatic heterocycles. The fourth-order valence-corrected chi connectivity index (χ4v) is 3.34. The normalized spacial score (nSPS) is 11.5. The Bertz CT molecular complexity index is 1180. The number of fused-ring (bicyclic) bond motifs is 2. The van der Waals surface area contributed by atoms with Crippen LogP contribution in [0.1, 0.15) is 0 Å². The lowest BCUT2D eigenvalue weighted by Gasteiger charge is -1.98. The fourth-order valence-electron chi connectivity index (χ4n) is 3.34. The first-order chi connectivity index (χ1) is 11.8. The van der Waals surface area contributed by atoms with Gasteiger partial charge in [-0.15, -0.1) is 0 Å². The Labute approximate surface area is 137 Å². The standard InChI is InChI=1S/C19H14N4O/c1-23-11-15(13-7-3-5-9-17(13)23)19-18(21-24-22-19)14-10-20-16-8-4-2-6-12(14)16/h2-11,20H,1H3. The van der Waals surface area contributed by atoms with Crippen LogP contribution in [0, 0.1) is 0 Å². The third-order valence-corrected chi connectivity index (χ3v) is 4.48. The van der Waals surface area contributed by atoms with Gasteiger partial charge in [0.25, 0.3) is 0 Å². The first-order valence-corrected chi connectivity index (χ1v) is 7.76. The molecular weight excluding hydrogens is 300 g/mol. The lowest BCUT2D eigenvalue weighted by Crippen LogP contribution is -1.83. The molecule has 0 radical (unpaired) electrons. The number of rotatable bonds is 2. The van der Waals surface area contributed by atoms with E-state index in [1.807, 2.05) is 43.6 Å². The average Bonchev–Trinajstić information content (AvgIpc) is 3.32. The molecule has 24 heavy (non-hydrogen) atoms. The highest BCUT2D eigenvalue weighted by Gasteiger charge is 2.20. The number of benzene rings is 2. The van der Waals surface area contributed by atoms with Gasteiger partial charge in [0.1, 0.15) is 11.4 Å². The Hall–Kier alpha value is -3.34. The maximum absolute atomic E-state index is 5.11. The van der Waals surface area contributed by atoms with E-state index in [4.69, 9.17) is 4.63 Å². The predicted molar refractivity (Wildman–Crippen MR) is 93.5 cm³/mol. The Kier molecular flexibility index (Phi) is 2.64. The van der Waals surface area contributed by atoms with Crippen molar-refractivity contribution in [1.29, 1.82) is 0 Å². The third-order valence-electron chi connectivity index (χ3n) is 4.48. The van der Waals surface area contributed by atoms with Crippen molar-refractivity contribution in [2.75, 3.05) is 0 Å². The SMILES string of the molecule is Cn1cc(-c2nonc2-c2c[nH]c3ccccc23)c2ccccc21. The largest absolute Gasteiger partial charge is 0.360 e. The molecule has 1 N–H and O–H groups in total. The second-order valence-corrected chi connectivity index (χ2v) is 5.88. The van der Waals surface area contributed by atoms with Crippen LogP contribution in [0.15, 0.2) is 65.6 Å². The minimum absolute atomic E-state index is 0.754. The minimum Gasteiger partial charge on any atom is -0.360 e. The molecule has 0 aliphatic rings. The quantitative estimate of drug-likeness (QED) is 0.526. The van der Waals surface area contributed by atoms with Crippen LogP contribution in [0.25, 0.3) is 44.3 Å². The molecule has 0 fully saturated rings. The molecule has 5 rings (SSSR count). The zero-order valence-electron chi connectivity index (χ0n) is 13.0. The van der Waals surface area contributed by atoms with Crippen molar-refractivity contribution in [3.8, 4) is 22.5 Å². The Morgan fingerprint density at radius 1 is 0.875 bits per heavy atom. The second-order valence-electron chi connectivity index (χ2n) is 5.88. The maximum Gasteiger partial charge on any atom is 0.145 e. The number of aromatic amines is 1. The van der Waals surface area contributed by atoms with Crippen LogP contribution in [-0.2, 0) is 7.05 Å². The summed E-state index contributed by atoms with van der Waals surface area (Å²) in [4.78, 5) is 3.28. The average molecular weight is 314 g/mol. The van der Waals surface area contributed by atoms with Gasteiger partial charge >= 0.3 is 0 Å². The van der Waals surface area contributed by atoms with Crippen molar-refractivity contribution in [1.82, 2.24) is 19.9 Å². The van der Waals surface area contributed by atoms with E-state index >= 15 is 0 Å². The highest BCUT2D eigenvalue weighted by molar-refractivity contribution is 6.02. The van der Waals surface area contributed by atoms with Gasteiger partial charge in [-0.25, -0.2) is 4.63 Å². The first kappa shape index (κ1) is 13.1. The number of aromatic nitrogens is 4. The summed E-state index contributed by atoms with van der Waals surface area (Å²) in [6.07, 6.45) is 4.03. The van der Waals surface area contributed by atoms with E-state index in [1.54, 1.807) is 0 Å². The number of para-hydroxylation sites is 2. The van der Waals surface area contributed by atoms with Gasteiger partial charge in [-0.1, -0.05) is 36.4 Å².